The van der Waals surface area contributed by atoms with Crippen LogP contribution in [-0.4, -0.2) is 9.91 Å². The Balaban J connectivity index is 1.86. The zero-order valence-electron chi connectivity index (χ0n) is 9.96. The standard InChI is InChI=1S/C14H11N3O2/c18-17(19)12-7-5-11(6-8-12)15-14-9-10-3-1-2-4-13(10)16-14/h1-9,15-16H. The molecule has 0 fully saturated rings. The smallest absolute Gasteiger partial charge is 0.269 e. The number of hydrogen-bond donors (Lipinski definition) is 2. The second kappa shape index (κ2) is 4.45. The van der Waals surface area contributed by atoms with Gasteiger partial charge in [-0.2, -0.15) is 0 Å². The van der Waals surface area contributed by atoms with Gasteiger partial charge in [0.15, 0.2) is 0 Å². The highest BCUT2D eigenvalue weighted by Gasteiger charge is 2.05. The molecule has 3 aromatic rings. The minimum atomic E-state index is -0.410. The van der Waals surface area contributed by atoms with E-state index in [2.05, 4.69) is 10.3 Å². The Hall–Kier alpha value is -2.82. The van der Waals surface area contributed by atoms with Crippen molar-refractivity contribution in [2.45, 2.75) is 0 Å². The number of H-pyrrole nitrogens is 1. The van der Waals surface area contributed by atoms with Crippen molar-refractivity contribution in [3.63, 3.8) is 0 Å². The first-order valence-corrected chi connectivity index (χ1v) is 5.81. The van der Waals surface area contributed by atoms with Gasteiger partial charge in [0.05, 0.1) is 4.92 Å². The first kappa shape index (κ1) is 11.3. The molecule has 0 unspecified atom stereocenters. The van der Waals surface area contributed by atoms with E-state index < -0.39 is 4.92 Å². The van der Waals surface area contributed by atoms with E-state index in [0.29, 0.717) is 0 Å². The van der Waals surface area contributed by atoms with E-state index in [1.54, 1.807) is 12.1 Å². The van der Waals surface area contributed by atoms with Gasteiger partial charge in [-0.05, 0) is 24.3 Å². The maximum atomic E-state index is 10.6. The predicted molar refractivity (Wildman–Crippen MR) is 74.7 cm³/mol. The number of nitrogens with one attached hydrogen (secondary N) is 2. The number of fused-ring (bicyclic) bond motifs is 1. The number of benzene rings is 2. The second-order valence-corrected chi connectivity index (χ2v) is 4.20. The third-order valence-electron chi connectivity index (χ3n) is 2.89. The van der Waals surface area contributed by atoms with Gasteiger partial charge in [0.1, 0.15) is 5.82 Å². The van der Waals surface area contributed by atoms with Crippen molar-refractivity contribution in [2.24, 2.45) is 0 Å². The highest BCUT2D eigenvalue weighted by molar-refractivity contribution is 5.84. The molecule has 3 rings (SSSR count). The molecule has 0 bridgehead atoms. The van der Waals surface area contributed by atoms with Crippen LogP contribution in [0, 0.1) is 10.1 Å². The monoisotopic (exact) mass is 253 g/mol. The van der Waals surface area contributed by atoms with Crippen LogP contribution in [0.5, 0.6) is 0 Å². The number of non-ortho nitro benzene ring substituents is 1. The maximum absolute atomic E-state index is 10.6. The van der Waals surface area contributed by atoms with Crippen molar-refractivity contribution < 1.29 is 4.92 Å². The van der Waals surface area contributed by atoms with Gasteiger partial charge in [-0.3, -0.25) is 10.1 Å². The summed E-state index contributed by atoms with van der Waals surface area (Å²) in [5.41, 5.74) is 1.94. The molecule has 1 heterocycles. The summed E-state index contributed by atoms with van der Waals surface area (Å²) >= 11 is 0. The summed E-state index contributed by atoms with van der Waals surface area (Å²) < 4.78 is 0. The fourth-order valence-corrected chi connectivity index (χ4v) is 1.96. The fraction of sp³-hybridized carbons (Fsp3) is 0. The molecular formula is C14H11N3O2. The maximum Gasteiger partial charge on any atom is 0.269 e. The molecule has 0 saturated carbocycles. The number of nitrogens with zero attached hydrogens (tertiary/aromatic N) is 1. The summed E-state index contributed by atoms with van der Waals surface area (Å²) in [7, 11) is 0. The number of anilines is 2. The van der Waals surface area contributed by atoms with Crippen molar-refractivity contribution in [2.75, 3.05) is 5.32 Å². The van der Waals surface area contributed by atoms with E-state index in [1.165, 1.54) is 12.1 Å². The molecular weight excluding hydrogens is 242 g/mol. The van der Waals surface area contributed by atoms with Gasteiger partial charge in [-0.25, -0.2) is 0 Å². The summed E-state index contributed by atoms with van der Waals surface area (Å²) in [5, 5.41) is 14.9. The first-order chi connectivity index (χ1) is 9.22. The quantitative estimate of drug-likeness (QED) is 0.550. The first-order valence-electron chi connectivity index (χ1n) is 5.81. The van der Waals surface area contributed by atoms with Crippen molar-refractivity contribution in [3.05, 3.63) is 64.7 Å². The highest BCUT2D eigenvalue weighted by atomic mass is 16.6. The molecule has 0 atom stereocenters. The van der Waals surface area contributed by atoms with Gasteiger partial charge < -0.3 is 10.3 Å². The zero-order valence-corrected chi connectivity index (χ0v) is 9.96. The van der Waals surface area contributed by atoms with E-state index in [0.717, 1.165) is 22.4 Å². The number of nitro groups is 1. The lowest BCUT2D eigenvalue weighted by Gasteiger charge is -2.02. The van der Waals surface area contributed by atoms with Crippen molar-refractivity contribution >= 4 is 28.1 Å². The Kier molecular flexibility index (Phi) is 2.64. The van der Waals surface area contributed by atoms with Crippen LogP contribution in [0.3, 0.4) is 0 Å². The van der Waals surface area contributed by atoms with Gasteiger partial charge >= 0.3 is 0 Å². The molecule has 19 heavy (non-hydrogen) atoms. The van der Waals surface area contributed by atoms with E-state index >= 15 is 0 Å². The molecule has 2 N–H and O–H groups in total. The number of rotatable bonds is 3. The van der Waals surface area contributed by atoms with E-state index in [1.807, 2.05) is 30.3 Å². The van der Waals surface area contributed by atoms with Crippen LogP contribution in [0.2, 0.25) is 0 Å². The molecule has 0 aliphatic heterocycles. The molecule has 0 radical (unpaired) electrons. The molecule has 0 aliphatic rings. The Labute approximate surface area is 109 Å². The van der Waals surface area contributed by atoms with Crippen LogP contribution >= 0.6 is 0 Å². The Morgan fingerprint density at radius 3 is 2.47 bits per heavy atom. The summed E-state index contributed by atoms with van der Waals surface area (Å²) in [6.07, 6.45) is 0. The van der Waals surface area contributed by atoms with Gasteiger partial charge in [0.25, 0.3) is 5.69 Å². The Morgan fingerprint density at radius 2 is 1.79 bits per heavy atom. The van der Waals surface area contributed by atoms with Crippen molar-refractivity contribution in [1.29, 1.82) is 0 Å². The van der Waals surface area contributed by atoms with Crippen molar-refractivity contribution in [3.8, 4) is 0 Å². The summed E-state index contributed by atoms with van der Waals surface area (Å²) in [5.74, 6) is 0.857. The van der Waals surface area contributed by atoms with Crippen LogP contribution < -0.4 is 5.32 Å². The molecule has 2 aromatic carbocycles. The number of para-hydroxylation sites is 1. The molecule has 94 valence electrons. The lowest BCUT2D eigenvalue weighted by Crippen LogP contribution is -1.91. The number of aromatic amines is 1. The van der Waals surface area contributed by atoms with Crippen LogP contribution in [0.4, 0.5) is 17.2 Å². The fourth-order valence-electron chi connectivity index (χ4n) is 1.96. The summed E-state index contributed by atoms with van der Waals surface area (Å²) in [4.78, 5) is 13.4. The van der Waals surface area contributed by atoms with Crippen molar-refractivity contribution in [1.82, 2.24) is 4.98 Å². The van der Waals surface area contributed by atoms with Gasteiger partial charge in [0.2, 0.25) is 0 Å². The van der Waals surface area contributed by atoms with E-state index in [4.69, 9.17) is 0 Å². The van der Waals surface area contributed by atoms with Crippen LogP contribution in [0.1, 0.15) is 0 Å². The molecule has 1 aromatic heterocycles. The average molecular weight is 253 g/mol. The number of aromatic nitrogens is 1. The van der Waals surface area contributed by atoms with Crippen LogP contribution in [0.15, 0.2) is 54.6 Å². The minimum Gasteiger partial charge on any atom is -0.342 e. The Morgan fingerprint density at radius 1 is 1.05 bits per heavy atom. The van der Waals surface area contributed by atoms with E-state index in [9.17, 15) is 10.1 Å². The minimum absolute atomic E-state index is 0.0854. The van der Waals surface area contributed by atoms with Crippen LogP contribution in [-0.2, 0) is 0 Å². The zero-order chi connectivity index (χ0) is 13.2. The topological polar surface area (TPSA) is 71.0 Å². The lowest BCUT2D eigenvalue weighted by atomic mass is 10.2. The highest BCUT2D eigenvalue weighted by Crippen LogP contribution is 2.23. The third kappa shape index (κ3) is 2.26. The van der Waals surface area contributed by atoms with Gasteiger partial charge in [-0.1, -0.05) is 18.2 Å². The van der Waals surface area contributed by atoms with Gasteiger partial charge in [0, 0.05) is 28.7 Å². The number of hydrogen-bond acceptors (Lipinski definition) is 3. The summed E-state index contributed by atoms with van der Waals surface area (Å²) in [6.45, 7) is 0. The predicted octanol–water partition coefficient (Wildman–Crippen LogP) is 3.82. The molecule has 5 nitrogen and oxygen atoms in total. The Bertz CT molecular complexity index is 699. The van der Waals surface area contributed by atoms with Gasteiger partial charge in [-0.15, -0.1) is 0 Å². The summed E-state index contributed by atoms with van der Waals surface area (Å²) in [6, 6.07) is 16.3. The normalized spacial score (nSPS) is 10.5. The molecule has 0 spiro atoms. The van der Waals surface area contributed by atoms with Crippen LogP contribution in [0.25, 0.3) is 10.9 Å². The van der Waals surface area contributed by atoms with E-state index in [-0.39, 0.29) is 5.69 Å². The second-order valence-electron chi connectivity index (χ2n) is 4.20. The number of nitro benzene ring substituents is 1. The largest absolute Gasteiger partial charge is 0.342 e. The SMILES string of the molecule is O=[N+]([O-])c1ccc(Nc2cc3ccccc3[nH]2)cc1. The molecule has 5 heteroatoms. The lowest BCUT2D eigenvalue weighted by molar-refractivity contribution is -0.384. The molecule has 0 amide bonds. The third-order valence-corrected chi connectivity index (χ3v) is 2.89. The molecule has 0 saturated heterocycles. The average Bonchev–Trinajstić information content (AvgIpc) is 2.81. The molecule has 0 aliphatic carbocycles.